The number of rotatable bonds is 12. The molecule has 0 bridgehead atoms. The maximum Gasteiger partial charge on any atom is 0.141 e. The van der Waals surface area contributed by atoms with Crippen LogP contribution in [-0.2, 0) is 13.1 Å². The van der Waals surface area contributed by atoms with Gasteiger partial charge in [0.2, 0.25) is 0 Å². The number of aryl methyl sites for hydroxylation is 2. The minimum Gasteiger partial charge on any atom is -0.494 e. The summed E-state index contributed by atoms with van der Waals surface area (Å²) in [5.41, 5.74) is 6.54. The number of hydrogen-bond donors (Lipinski definition) is 0. The van der Waals surface area contributed by atoms with Crippen LogP contribution in [0.4, 0.5) is 0 Å². The molecule has 0 spiro atoms. The summed E-state index contributed by atoms with van der Waals surface area (Å²) in [7, 11) is 0. The van der Waals surface area contributed by atoms with Crippen molar-refractivity contribution in [2.24, 2.45) is 0 Å². The number of hydrogen-bond acceptors (Lipinski definition) is 3. The van der Waals surface area contributed by atoms with E-state index >= 15 is 0 Å². The molecule has 0 unspecified atom stereocenters. The van der Waals surface area contributed by atoms with Crippen molar-refractivity contribution >= 4 is 43.6 Å². The molecule has 0 radical (unpaired) electrons. The minimum atomic E-state index is 0.689. The second-order valence-corrected chi connectivity index (χ2v) is 12.2. The lowest BCUT2D eigenvalue weighted by Gasteiger charge is -2.14. The molecule has 0 saturated carbocycles. The van der Waals surface area contributed by atoms with Gasteiger partial charge >= 0.3 is 0 Å². The molecule has 228 valence electrons. The van der Waals surface area contributed by atoms with Gasteiger partial charge in [-0.3, -0.25) is 0 Å². The molecule has 0 aliphatic heterocycles. The number of ether oxygens (including phenoxy) is 1. The van der Waals surface area contributed by atoms with Crippen molar-refractivity contribution in [1.29, 1.82) is 0 Å². The lowest BCUT2D eigenvalue weighted by molar-refractivity contribution is 0.309. The predicted octanol–water partition coefficient (Wildman–Crippen LogP) is 10.8. The van der Waals surface area contributed by atoms with Gasteiger partial charge in [0.25, 0.3) is 0 Å². The standard InChI is InChI=1S/C40H42N4O/c1-4-7-18-43-37-26-30-16-12-10-14-28(30)24-35(37)41-39(43)32-21-33(23-34(22-32)45-20-9-6-3)40-42-36-25-29-15-11-13-17-31(29)27-38(36)44(40)19-8-5-2/h10-17,21-27H,4-9,18-20H2,1-3H3. The molecule has 45 heavy (non-hydrogen) atoms. The van der Waals surface area contributed by atoms with E-state index in [-0.39, 0.29) is 0 Å². The number of imidazole rings is 2. The molecule has 0 amide bonds. The fourth-order valence-electron chi connectivity index (χ4n) is 6.42. The average molecular weight is 595 g/mol. The summed E-state index contributed by atoms with van der Waals surface area (Å²) in [6.07, 6.45) is 6.52. The first kappa shape index (κ1) is 29.1. The van der Waals surface area contributed by atoms with E-state index in [0.29, 0.717) is 6.61 Å². The highest BCUT2D eigenvalue weighted by Crippen LogP contribution is 2.36. The molecule has 0 saturated heterocycles. The maximum absolute atomic E-state index is 6.41. The highest BCUT2D eigenvalue weighted by atomic mass is 16.5. The highest BCUT2D eigenvalue weighted by Gasteiger charge is 2.19. The van der Waals surface area contributed by atoms with E-state index in [4.69, 9.17) is 14.7 Å². The molecule has 7 rings (SSSR count). The molecule has 0 N–H and O–H groups in total. The summed E-state index contributed by atoms with van der Waals surface area (Å²) >= 11 is 0. The SMILES string of the molecule is CCCCOc1cc(-c2nc3cc4ccccc4cc3n2CCCC)cc(-c2nc3cc4ccccc4cc3n2CCCC)c1. The summed E-state index contributed by atoms with van der Waals surface area (Å²) < 4.78 is 11.2. The lowest BCUT2D eigenvalue weighted by atomic mass is 10.1. The summed E-state index contributed by atoms with van der Waals surface area (Å²) in [4.78, 5) is 10.6. The van der Waals surface area contributed by atoms with E-state index in [1.54, 1.807) is 0 Å². The molecule has 5 nitrogen and oxygen atoms in total. The van der Waals surface area contributed by atoms with Gasteiger partial charge in [-0.05, 0) is 83.3 Å². The van der Waals surface area contributed by atoms with Crippen LogP contribution in [0.1, 0.15) is 59.3 Å². The van der Waals surface area contributed by atoms with Crippen LogP contribution in [-0.4, -0.2) is 25.7 Å². The fraction of sp³-hybridized carbons (Fsp3) is 0.300. The topological polar surface area (TPSA) is 44.9 Å². The smallest absolute Gasteiger partial charge is 0.141 e. The van der Waals surface area contributed by atoms with E-state index in [1.807, 2.05) is 0 Å². The Bertz CT molecular complexity index is 1970. The van der Waals surface area contributed by atoms with Gasteiger partial charge in [0.05, 0.1) is 28.7 Å². The van der Waals surface area contributed by atoms with E-state index < -0.39 is 0 Å². The van der Waals surface area contributed by atoms with Gasteiger partial charge in [-0.15, -0.1) is 0 Å². The third kappa shape index (κ3) is 5.68. The molecular formula is C40H42N4O. The quantitative estimate of drug-likeness (QED) is 0.132. The van der Waals surface area contributed by atoms with Crippen molar-refractivity contribution in [2.45, 2.75) is 72.4 Å². The van der Waals surface area contributed by atoms with Gasteiger partial charge in [-0.1, -0.05) is 88.6 Å². The molecule has 7 aromatic rings. The molecule has 5 aromatic carbocycles. The Balaban J connectivity index is 1.44. The summed E-state index contributed by atoms with van der Waals surface area (Å²) in [5, 5.41) is 4.91. The van der Waals surface area contributed by atoms with Crippen LogP contribution in [0, 0.1) is 0 Å². The Labute approximate surface area is 265 Å². The highest BCUT2D eigenvalue weighted by molar-refractivity contribution is 5.98. The lowest BCUT2D eigenvalue weighted by Crippen LogP contribution is -2.04. The molecule has 5 heteroatoms. The van der Waals surface area contributed by atoms with Gasteiger partial charge in [-0.2, -0.15) is 0 Å². The molecule has 0 aliphatic carbocycles. The fourth-order valence-corrected chi connectivity index (χ4v) is 6.42. The predicted molar refractivity (Wildman–Crippen MR) is 189 cm³/mol. The molecule has 2 heterocycles. The van der Waals surface area contributed by atoms with Crippen molar-refractivity contribution in [3.05, 3.63) is 91.0 Å². The van der Waals surface area contributed by atoms with Crippen LogP contribution in [0.2, 0.25) is 0 Å². The van der Waals surface area contributed by atoms with E-state index in [1.165, 1.54) is 32.6 Å². The van der Waals surface area contributed by atoms with Crippen LogP contribution >= 0.6 is 0 Å². The Kier molecular flexibility index (Phi) is 8.25. The maximum atomic E-state index is 6.41. The second kappa shape index (κ2) is 12.8. The number of unbranched alkanes of at least 4 members (excludes halogenated alkanes) is 3. The van der Waals surface area contributed by atoms with Crippen LogP contribution in [0.3, 0.4) is 0 Å². The zero-order valence-electron chi connectivity index (χ0n) is 26.7. The van der Waals surface area contributed by atoms with E-state index in [2.05, 4.69) is 121 Å². The van der Waals surface area contributed by atoms with Gasteiger partial charge in [-0.25, -0.2) is 9.97 Å². The Hall–Kier alpha value is -4.64. The van der Waals surface area contributed by atoms with Crippen LogP contribution in [0.15, 0.2) is 91.0 Å². The molecule has 2 aromatic heterocycles. The Morgan fingerprint density at radius 3 is 1.42 bits per heavy atom. The van der Waals surface area contributed by atoms with Crippen molar-refractivity contribution in [1.82, 2.24) is 19.1 Å². The van der Waals surface area contributed by atoms with E-state index in [9.17, 15) is 0 Å². The second-order valence-electron chi connectivity index (χ2n) is 12.2. The molecule has 0 atom stereocenters. The number of fused-ring (bicyclic) bond motifs is 4. The zero-order chi connectivity index (χ0) is 30.8. The first-order valence-corrected chi connectivity index (χ1v) is 16.7. The summed E-state index contributed by atoms with van der Waals surface area (Å²) in [6, 6.07) is 32.8. The van der Waals surface area contributed by atoms with Gasteiger partial charge < -0.3 is 13.9 Å². The van der Waals surface area contributed by atoms with Gasteiger partial charge in [0, 0.05) is 24.2 Å². The minimum absolute atomic E-state index is 0.689. The van der Waals surface area contributed by atoms with Crippen LogP contribution in [0.5, 0.6) is 5.75 Å². The van der Waals surface area contributed by atoms with Crippen molar-refractivity contribution in [3.63, 3.8) is 0 Å². The average Bonchev–Trinajstić information content (AvgIpc) is 3.61. The first-order valence-electron chi connectivity index (χ1n) is 16.7. The van der Waals surface area contributed by atoms with E-state index in [0.717, 1.165) is 91.2 Å². The number of nitrogens with zero attached hydrogens (tertiary/aromatic N) is 4. The largest absolute Gasteiger partial charge is 0.494 e. The van der Waals surface area contributed by atoms with Crippen LogP contribution in [0.25, 0.3) is 66.4 Å². The third-order valence-electron chi connectivity index (χ3n) is 8.89. The summed E-state index contributed by atoms with van der Waals surface area (Å²) in [5.74, 6) is 2.84. The third-order valence-corrected chi connectivity index (χ3v) is 8.89. The van der Waals surface area contributed by atoms with Crippen molar-refractivity contribution in [2.75, 3.05) is 6.61 Å². The normalized spacial score (nSPS) is 11.8. The van der Waals surface area contributed by atoms with Crippen LogP contribution < -0.4 is 4.74 Å². The summed E-state index contributed by atoms with van der Waals surface area (Å²) in [6.45, 7) is 9.22. The molecule has 0 aliphatic rings. The zero-order valence-corrected chi connectivity index (χ0v) is 26.7. The number of aromatic nitrogens is 4. The Morgan fingerprint density at radius 2 is 0.978 bits per heavy atom. The van der Waals surface area contributed by atoms with Gasteiger partial charge in [0.1, 0.15) is 17.4 Å². The molecule has 0 fully saturated rings. The first-order chi connectivity index (χ1) is 22.2. The monoisotopic (exact) mass is 594 g/mol. The Morgan fingerprint density at radius 1 is 0.533 bits per heavy atom. The number of benzene rings is 5. The van der Waals surface area contributed by atoms with Gasteiger partial charge in [0.15, 0.2) is 0 Å². The molecular weight excluding hydrogens is 552 g/mol. The van der Waals surface area contributed by atoms with Crippen molar-refractivity contribution in [3.8, 4) is 28.5 Å². The van der Waals surface area contributed by atoms with Crippen molar-refractivity contribution < 1.29 is 4.74 Å².